The molecule has 25 heavy (non-hydrogen) atoms. The van der Waals surface area contributed by atoms with E-state index >= 15 is 0 Å². The molecule has 134 valence electrons. The van der Waals surface area contributed by atoms with Crippen molar-refractivity contribution in [2.75, 3.05) is 38.1 Å². The lowest BCUT2D eigenvalue weighted by Crippen LogP contribution is -2.49. The van der Waals surface area contributed by atoms with Crippen LogP contribution in [-0.2, 0) is 14.3 Å². The Balaban J connectivity index is 1.83. The summed E-state index contributed by atoms with van der Waals surface area (Å²) in [4.78, 5) is 27.9. The Morgan fingerprint density at radius 1 is 1.36 bits per heavy atom. The third kappa shape index (κ3) is 5.31. The maximum Gasteiger partial charge on any atom is 0.316 e. The van der Waals surface area contributed by atoms with Gasteiger partial charge in [-0.3, -0.25) is 14.5 Å². The number of nitrogens with zero attached hydrogens (tertiary/aromatic N) is 2. The average Bonchev–Trinajstić information content (AvgIpc) is 2.59. The average molecular weight is 343 g/mol. The molecule has 6 heteroatoms. The van der Waals surface area contributed by atoms with Crippen molar-refractivity contribution in [2.45, 2.75) is 26.1 Å². The summed E-state index contributed by atoms with van der Waals surface area (Å²) in [6.45, 7) is 6.82. The molecule has 0 bridgehead atoms. The fourth-order valence-corrected chi connectivity index (χ4v) is 2.94. The molecule has 0 radical (unpaired) electrons. The molecule has 1 heterocycles. The van der Waals surface area contributed by atoms with Crippen LogP contribution in [0.5, 0.6) is 0 Å². The zero-order valence-corrected chi connectivity index (χ0v) is 15.0. The molecule has 1 N–H and O–H groups in total. The molecule has 2 rings (SSSR count). The SMILES string of the molecule is C#Cc1cccc(N(C)C(=O)C(=O)NCCN2C[C@@H](C)O[C@@H](C)C2)c1. The van der Waals surface area contributed by atoms with E-state index in [0.29, 0.717) is 24.3 Å². The van der Waals surface area contributed by atoms with Crippen LogP contribution in [0.15, 0.2) is 24.3 Å². The lowest BCUT2D eigenvalue weighted by atomic mass is 10.2. The number of hydrogen-bond donors (Lipinski definition) is 1. The number of hydrogen-bond acceptors (Lipinski definition) is 4. The minimum atomic E-state index is -0.622. The Bertz CT molecular complexity index is 658. The number of carbonyl (C=O) groups is 2. The molecule has 1 aromatic rings. The van der Waals surface area contributed by atoms with E-state index in [-0.39, 0.29) is 12.2 Å². The lowest BCUT2D eigenvalue weighted by molar-refractivity contribution is -0.137. The van der Waals surface area contributed by atoms with Crippen molar-refractivity contribution in [3.63, 3.8) is 0 Å². The first-order valence-corrected chi connectivity index (χ1v) is 8.41. The van der Waals surface area contributed by atoms with Gasteiger partial charge in [-0.1, -0.05) is 12.0 Å². The summed E-state index contributed by atoms with van der Waals surface area (Å²) in [7, 11) is 1.56. The number of carbonyl (C=O) groups excluding carboxylic acids is 2. The highest BCUT2D eigenvalue weighted by Gasteiger charge is 2.23. The van der Waals surface area contributed by atoms with Gasteiger partial charge in [0.2, 0.25) is 0 Å². The number of benzene rings is 1. The number of morpholine rings is 1. The molecule has 1 aromatic carbocycles. The Hall–Kier alpha value is -2.36. The lowest BCUT2D eigenvalue weighted by Gasteiger charge is -2.35. The molecule has 2 amide bonds. The molecule has 0 unspecified atom stereocenters. The molecule has 2 atom stereocenters. The summed E-state index contributed by atoms with van der Waals surface area (Å²) in [5.41, 5.74) is 1.25. The Morgan fingerprint density at radius 3 is 2.68 bits per heavy atom. The van der Waals surface area contributed by atoms with Crippen LogP contribution in [0.4, 0.5) is 5.69 Å². The maximum atomic E-state index is 12.3. The van der Waals surface area contributed by atoms with Gasteiger partial charge in [0.25, 0.3) is 0 Å². The fourth-order valence-electron chi connectivity index (χ4n) is 2.94. The first kappa shape index (κ1) is 19.0. The first-order valence-electron chi connectivity index (χ1n) is 8.41. The van der Waals surface area contributed by atoms with E-state index in [1.807, 2.05) is 13.8 Å². The standard InChI is InChI=1S/C19H25N3O3/c1-5-16-7-6-8-17(11-16)21(4)19(24)18(23)20-9-10-22-12-14(2)25-15(3)13-22/h1,6-8,11,14-15H,9-10,12-13H2,2-4H3,(H,20,23)/t14-,15+. The number of amides is 2. The van der Waals surface area contributed by atoms with Gasteiger partial charge in [0, 0.05) is 44.5 Å². The van der Waals surface area contributed by atoms with E-state index in [1.165, 1.54) is 4.90 Å². The first-order chi connectivity index (χ1) is 11.9. The van der Waals surface area contributed by atoms with E-state index in [4.69, 9.17) is 11.2 Å². The van der Waals surface area contributed by atoms with Crippen molar-refractivity contribution < 1.29 is 14.3 Å². The van der Waals surface area contributed by atoms with Crippen LogP contribution in [0.3, 0.4) is 0 Å². The second kappa shape index (κ2) is 8.65. The summed E-state index contributed by atoms with van der Waals surface area (Å²) in [6.07, 6.45) is 5.72. The van der Waals surface area contributed by atoms with Gasteiger partial charge in [0.15, 0.2) is 0 Å². The molecule has 1 saturated heterocycles. The quantitative estimate of drug-likeness (QED) is 0.651. The third-order valence-corrected chi connectivity index (χ3v) is 4.11. The van der Waals surface area contributed by atoms with E-state index < -0.39 is 11.8 Å². The predicted molar refractivity (Wildman–Crippen MR) is 97.2 cm³/mol. The molecular formula is C19H25N3O3. The van der Waals surface area contributed by atoms with E-state index in [1.54, 1.807) is 31.3 Å². The number of likely N-dealkylation sites (N-methyl/N-ethyl adjacent to an activating group) is 1. The number of terminal acetylenes is 1. The zero-order valence-electron chi connectivity index (χ0n) is 15.0. The highest BCUT2D eigenvalue weighted by atomic mass is 16.5. The maximum absolute atomic E-state index is 12.3. The predicted octanol–water partition coefficient (Wildman–Crippen LogP) is 0.856. The van der Waals surface area contributed by atoms with Gasteiger partial charge in [-0.15, -0.1) is 6.42 Å². The Kier molecular flexibility index (Phi) is 6.57. The summed E-state index contributed by atoms with van der Waals surface area (Å²) in [5.74, 6) is 1.28. The van der Waals surface area contributed by atoms with Gasteiger partial charge in [-0.05, 0) is 32.0 Å². The van der Waals surface area contributed by atoms with Gasteiger partial charge in [-0.25, -0.2) is 0 Å². The van der Waals surface area contributed by atoms with Crippen LogP contribution in [0.25, 0.3) is 0 Å². The zero-order chi connectivity index (χ0) is 18.4. The van der Waals surface area contributed by atoms with Crippen molar-refractivity contribution in [1.82, 2.24) is 10.2 Å². The summed E-state index contributed by atoms with van der Waals surface area (Å²) < 4.78 is 5.68. The number of ether oxygens (including phenoxy) is 1. The number of anilines is 1. The van der Waals surface area contributed by atoms with Crippen molar-refractivity contribution in [1.29, 1.82) is 0 Å². The molecular weight excluding hydrogens is 318 g/mol. The molecule has 1 fully saturated rings. The fraction of sp³-hybridized carbons (Fsp3) is 0.474. The van der Waals surface area contributed by atoms with E-state index in [9.17, 15) is 9.59 Å². The van der Waals surface area contributed by atoms with Crippen molar-refractivity contribution in [2.24, 2.45) is 0 Å². The van der Waals surface area contributed by atoms with Crippen LogP contribution in [0.1, 0.15) is 19.4 Å². The van der Waals surface area contributed by atoms with Gasteiger partial charge >= 0.3 is 11.8 Å². The second-order valence-electron chi connectivity index (χ2n) is 6.33. The molecule has 6 nitrogen and oxygen atoms in total. The van der Waals surface area contributed by atoms with Gasteiger partial charge in [0.1, 0.15) is 0 Å². The molecule has 0 aromatic heterocycles. The topological polar surface area (TPSA) is 61.9 Å². The van der Waals surface area contributed by atoms with Crippen LogP contribution >= 0.6 is 0 Å². The minimum absolute atomic E-state index is 0.177. The largest absolute Gasteiger partial charge is 0.373 e. The summed E-state index contributed by atoms with van der Waals surface area (Å²) in [5, 5.41) is 2.69. The van der Waals surface area contributed by atoms with Crippen LogP contribution < -0.4 is 10.2 Å². The van der Waals surface area contributed by atoms with E-state index in [2.05, 4.69) is 16.1 Å². The molecule has 1 aliphatic heterocycles. The van der Waals surface area contributed by atoms with Crippen LogP contribution in [-0.4, -0.2) is 62.1 Å². The van der Waals surface area contributed by atoms with Gasteiger partial charge < -0.3 is 15.0 Å². The second-order valence-corrected chi connectivity index (χ2v) is 6.33. The summed E-state index contributed by atoms with van der Waals surface area (Å²) >= 11 is 0. The molecule has 0 spiro atoms. The Labute approximate surface area is 149 Å². The molecule has 0 saturated carbocycles. The third-order valence-electron chi connectivity index (χ3n) is 4.11. The molecule has 0 aliphatic carbocycles. The van der Waals surface area contributed by atoms with Crippen molar-refractivity contribution in [3.05, 3.63) is 29.8 Å². The Morgan fingerprint density at radius 2 is 2.04 bits per heavy atom. The highest BCUT2D eigenvalue weighted by Crippen LogP contribution is 2.14. The number of rotatable bonds is 4. The van der Waals surface area contributed by atoms with Crippen molar-refractivity contribution >= 4 is 17.5 Å². The minimum Gasteiger partial charge on any atom is -0.373 e. The van der Waals surface area contributed by atoms with Crippen LogP contribution in [0.2, 0.25) is 0 Å². The molecule has 1 aliphatic rings. The summed E-state index contributed by atoms with van der Waals surface area (Å²) in [6, 6.07) is 6.96. The van der Waals surface area contributed by atoms with Crippen molar-refractivity contribution in [3.8, 4) is 12.3 Å². The van der Waals surface area contributed by atoms with Gasteiger partial charge in [0.05, 0.1) is 12.2 Å². The van der Waals surface area contributed by atoms with Crippen LogP contribution in [0, 0.1) is 12.3 Å². The normalized spacial score (nSPS) is 20.6. The number of nitrogens with one attached hydrogen (secondary N) is 1. The van der Waals surface area contributed by atoms with Gasteiger partial charge in [-0.2, -0.15) is 0 Å². The highest BCUT2D eigenvalue weighted by molar-refractivity contribution is 6.40. The smallest absolute Gasteiger partial charge is 0.316 e. The van der Waals surface area contributed by atoms with E-state index in [0.717, 1.165) is 13.1 Å². The monoisotopic (exact) mass is 343 g/mol.